The van der Waals surface area contributed by atoms with E-state index < -0.39 is 10.9 Å². The Morgan fingerprint density at radius 3 is 2.59 bits per heavy atom. The van der Waals surface area contributed by atoms with Gasteiger partial charge in [0.1, 0.15) is 0 Å². The summed E-state index contributed by atoms with van der Waals surface area (Å²) in [6.07, 6.45) is 0.131. The van der Waals surface area contributed by atoms with E-state index in [1.807, 2.05) is 6.07 Å². The number of ether oxygens (including phenoxy) is 1. The zero-order valence-corrected chi connectivity index (χ0v) is 23.5. The van der Waals surface area contributed by atoms with Crippen molar-refractivity contribution in [2.75, 3.05) is 7.11 Å². The maximum absolute atomic E-state index is 13.0. The van der Waals surface area contributed by atoms with Gasteiger partial charge < -0.3 is 4.74 Å². The SMILES string of the molecule is COC(=O)c1c(Cc2ccccc2[N+](=O)[O-])c(C)nn1-c1nc(-c2ccc(Cl)c(Cl)c2)c(SC(C)C)s1. The van der Waals surface area contributed by atoms with Crippen molar-refractivity contribution in [3.05, 3.63) is 85.1 Å². The summed E-state index contributed by atoms with van der Waals surface area (Å²) < 4.78 is 7.47. The van der Waals surface area contributed by atoms with Crippen LogP contribution in [0.5, 0.6) is 0 Å². The monoisotopic (exact) mass is 576 g/mol. The van der Waals surface area contributed by atoms with Crippen molar-refractivity contribution in [2.45, 2.75) is 36.7 Å². The zero-order chi connectivity index (χ0) is 26.9. The van der Waals surface area contributed by atoms with E-state index >= 15 is 0 Å². The van der Waals surface area contributed by atoms with Gasteiger partial charge in [0.15, 0.2) is 5.69 Å². The predicted octanol–water partition coefficient (Wildman–Crippen LogP) is 7.40. The maximum Gasteiger partial charge on any atom is 0.357 e. The molecule has 0 atom stereocenters. The van der Waals surface area contributed by atoms with Gasteiger partial charge in [0.2, 0.25) is 5.13 Å². The number of esters is 1. The number of thiazole rings is 1. The number of aryl methyl sites for hydroxylation is 1. The third-order valence-corrected chi connectivity index (χ3v) is 8.40. The molecule has 0 aliphatic rings. The molecule has 0 N–H and O–H groups in total. The average Bonchev–Trinajstić information content (AvgIpc) is 3.41. The quantitative estimate of drug-likeness (QED) is 0.0931. The van der Waals surface area contributed by atoms with E-state index in [0.29, 0.717) is 37.7 Å². The zero-order valence-electron chi connectivity index (χ0n) is 20.3. The lowest BCUT2D eigenvalue weighted by molar-refractivity contribution is -0.385. The molecular formula is C25H22Cl2N4O4S2. The molecule has 192 valence electrons. The van der Waals surface area contributed by atoms with Crippen LogP contribution in [0.3, 0.4) is 0 Å². The van der Waals surface area contributed by atoms with E-state index in [2.05, 4.69) is 18.9 Å². The Kier molecular flexibility index (Phi) is 8.23. The van der Waals surface area contributed by atoms with Gasteiger partial charge in [-0.2, -0.15) is 9.78 Å². The first-order valence-corrected chi connectivity index (χ1v) is 13.6. The lowest BCUT2D eigenvalue weighted by Crippen LogP contribution is -2.13. The molecule has 0 unspecified atom stereocenters. The van der Waals surface area contributed by atoms with Gasteiger partial charge in [0.25, 0.3) is 5.69 Å². The van der Waals surface area contributed by atoms with Crippen LogP contribution in [0.15, 0.2) is 46.7 Å². The molecule has 4 rings (SSSR count). The second-order valence-corrected chi connectivity index (χ2v) is 11.9. The van der Waals surface area contributed by atoms with E-state index in [0.717, 1.165) is 9.77 Å². The molecule has 0 aliphatic heterocycles. The van der Waals surface area contributed by atoms with Crippen molar-refractivity contribution in [1.82, 2.24) is 14.8 Å². The van der Waals surface area contributed by atoms with Crippen LogP contribution in [0.4, 0.5) is 5.69 Å². The summed E-state index contributed by atoms with van der Waals surface area (Å²) in [5, 5.41) is 17.8. The highest BCUT2D eigenvalue weighted by Crippen LogP contribution is 2.41. The lowest BCUT2D eigenvalue weighted by Gasteiger charge is -2.07. The highest BCUT2D eigenvalue weighted by atomic mass is 35.5. The number of carbonyl (C=O) groups is 1. The Labute approximate surface area is 231 Å². The number of nitrogens with zero attached hydrogens (tertiary/aromatic N) is 4. The van der Waals surface area contributed by atoms with Crippen molar-refractivity contribution >= 4 is 58.0 Å². The van der Waals surface area contributed by atoms with Crippen molar-refractivity contribution in [3.63, 3.8) is 0 Å². The number of rotatable bonds is 8. The first kappa shape index (κ1) is 27.1. The minimum atomic E-state index is -0.612. The van der Waals surface area contributed by atoms with E-state index in [1.54, 1.807) is 49.0 Å². The molecule has 4 aromatic rings. The molecule has 0 fully saturated rings. The van der Waals surface area contributed by atoms with Gasteiger partial charge in [0, 0.05) is 34.4 Å². The topological polar surface area (TPSA) is 100 Å². The summed E-state index contributed by atoms with van der Waals surface area (Å²) in [6.45, 7) is 5.90. The number of aromatic nitrogens is 3. The van der Waals surface area contributed by atoms with E-state index in [4.69, 9.17) is 32.9 Å². The molecule has 0 amide bonds. The van der Waals surface area contributed by atoms with Gasteiger partial charge in [-0.15, -0.1) is 11.8 Å². The molecule has 2 aromatic heterocycles. The molecule has 0 saturated carbocycles. The molecule has 0 aliphatic carbocycles. The number of benzene rings is 2. The second kappa shape index (κ2) is 11.2. The molecule has 37 heavy (non-hydrogen) atoms. The fourth-order valence-corrected chi connectivity index (χ4v) is 6.53. The molecule has 0 radical (unpaired) electrons. The fraction of sp³-hybridized carbons (Fsp3) is 0.240. The van der Waals surface area contributed by atoms with Gasteiger partial charge in [-0.1, -0.05) is 72.7 Å². The molecule has 2 aromatic carbocycles. The predicted molar refractivity (Wildman–Crippen MR) is 148 cm³/mol. The second-order valence-electron chi connectivity index (χ2n) is 8.31. The Morgan fingerprint density at radius 2 is 1.95 bits per heavy atom. The Morgan fingerprint density at radius 1 is 1.22 bits per heavy atom. The third kappa shape index (κ3) is 5.67. The van der Waals surface area contributed by atoms with Crippen molar-refractivity contribution in [1.29, 1.82) is 0 Å². The number of hydrogen-bond acceptors (Lipinski definition) is 8. The lowest BCUT2D eigenvalue weighted by atomic mass is 10.0. The molecule has 0 bridgehead atoms. The molecule has 8 nitrogen and oxygen atoms in total. The summed E-state index contributed by atoms with van der Waals surface area (Å²) in [4.78, 5) is 29.0. The molecule has 2 heterocycles. The highest BCUT2D eigenvalue weighted by molar-refractivity contribution is 8.01. The number of hydrogen-bond donors (Lipinski definition) is 0. The molecule has 0 saturated heterocycles. The number of nitro groups is 1. The van der Waals surface area contributed by atoms with Gasteiger partial charge in [-0.05, 0) is 19.1 Å². The van der Waals surface area contributed by atoms with E-state index in [-0.39, 0.29) is 23.1 Å². The van der Waals surface area contributed by atoms with Crippen LogP contribution in [0.1, 0.15) is 41.2 Å². The summed E-state index contributed by atoms with van der Waals surface area (Å²) in [5.41, 5.74) is 3.16. The largest absolute Gasteiger partial charge is 0.464 e. The van der Waals surface area contributed by atoms with Crippen molar-refractivity contribution < 1.29 is 14.5 Å². The van der Waals surface area contributed by atoms with Crippen LogP contribution in [-0.4, -0.2) is 38.0 Å². The van der Waals surface area contributed by atoms with Crippen LogP contribution in [0.25, 0.3) is 16.4 Å². The summed E-state index contributed by atoms with van der Waals surface area (Å²) in [6, 6.07) is 11.7. The normalized spacial score (nSPS) is 11.2. The van der Waals surface area contributed by atoms with Gasteiger partial charge >= 0.3 is 5.97 Å². The maximum atomic E-state index is 13.0. The number of para-hydroxylation sites is 1. The Bertz CT molecular complexity index is 1500. The number of methoxy groups -OCH3 is 1. The van der Waals surface area contributed by atoms with Crippen LogP contribution in [0, 0.1) is 17.0 Å². The minimum absolute atomic E-state index is 0.0303. The first-order valence-electron chi connectivity index (χ1n) is 11.1. The van der Waals surface area contributed by atoms with Gasteiger partial charge in [-0.3, -0.25) is 10.1 Å². The summed E-state index contributed by atoms with van der Waals surface area (Å²) >= 11 is 15.4. The summed E-state index contributed by atoms with van der Waals surface area (Å²) in [7, 11) is 1.28. The van der Waals surface area contributed by atoms with Gasteiger partial charge in [0.05, 0.1) is 37.7 Å². The van der Waals surface area contributed by atoms with Crippen molar-refractivity contribution in [2.24, 2.45) is 0 Å². The van der Waals surface area contributed by atoms with E-state index in [1.165, 1.54) is 29.2 Å². The highest BCUT2D eigenvalue weighted by Gasteiger charge is 2.28. The van der Waals surface area contributed by atoms with Crippen molar-refractivity contribution in [3.8, 4) is 16.4 Å². The number of thioether (sulfide) groups is 1. The molecular weight excluding hydrogens is 555 g/mol. The standard InChI is InChI=1S/C25H22Cl2N4O4S2/c1-13(2)36-24-21(16-9-10-18(26)19(27)12-16)28-25(37-24)30-22(23(32)35-4)17(14(3)29-30)11-15-7-5-6-8-20(15)31(33)34/h5-10,12-13H,11H2,1-4H3. The Hall–Kier alpha value is -2.92. The number of nitro benzene ring substituents is 1. The fourth-order valence-electron chi connectivity index (χ4n) is 3.75. The Balaban J connectivity index is 1.88. The van der Waals surface area contributed by atoms with Crippen LogP contribution in [0.2, 0.25) is 10.0 Å². The van der Waals surface area contributed by atoms with Crippen LogP contribution in [-0.2, 0) is 11.2 Å². The number of halogens is 2. The third-order valence-electron chi connectivity index (χ3n) is 5.42. The first-order chi connectivity index (χ1) is 17.6. The minimum Gasteiger partial charge on any atom is -0.464 e. The summed E-state index contributed by atoms with van der Waals surface area (Å²) in [5.74, 6) is -0.612. The van der Waals surface area contributed by atoms with Gasteiger partial charge in [-0.25, -0.2) is 9.78 Å². The molecule has 0 spiro atoms. The number of carbonyl (C=O) groups excluding carboxylic acids is 1. The van der Waals surface area contributed by atoms with Crippen LogP contribution >= 0.6 is 46.3 Å². The smallest absolute Gasteiger partial charge is 0.357 e. The van der Waals surface area contributed by atoms with Crippen LogP contribution < -0.4 is 0 Å². The van der Waals surface area contributed by atoms with E-state index in [9.17, 15) is 14.9 Å². The average molecular weight is 578 g/mol. The molecule has 12 heteroatoms.